The molecule has 0 aliphatic rings. The minimum absolute atomic E-state index is 0.121. The van der Waals surface area contributed by atoms with Gasteiger partial charge < -0.3 is 0 Å². The molecule has 0 spiro atoms. The predicted octanol–water partition coefficient (Wildman–Crippen LogP) is 8.03. The van der Waals surface area contributed by atoms with Gasteiger partial charge in [-0.25, -0.2) is 18.4 Å². The second kappa shape index (κ2) is 17.8. The van der Waals surface area contributed by atoms with Gasteiger partial charge in [-0.15, -0.1) is 9.81 Å². The van der Waals surface area contributed by atoms with Crippen LogP contribution in [0.4, 0.5) is 22.7 Å². The van der Waals surface area contributed by atoms with Crippen LogP contribution in [0.3, 0.4) is 0 Å². The van der Waals surface area contributed by atoms with Gasteiger partial charge in [-0.3, -0.25) is 20.2 Å². The van der Waals surface area contributed by atoms with Crippen molar-refractivity contribution in [2.75, 3.05) is 23.1 Å². The summed E-state index contributed by atoms with van der Waals surface area (Å²) in [5.41, 5.74) is -1.60. The van der Waals surface area contributed by atoms with Crippen molar-refractivity contribution in [2.24, 2.45) is 10.6 Å². The topological polar surface area (TPSA) is 186 Å². The average Bonchev–Trinajstić information content (AvgIpc) is 3.00. The van der Waals surface area contributed by atoms with Gasteiger partial charge in [-0.05, 0) is 37.1 Å². The summed E-state index contributed by atoms with van der Waals surface area (Å²) in [5, 5.41) is 31.4. The molecule has 0 saturated carbocycles. The number of sulfone groups is 1. The molecular formula is C28H40N6O8S. The molecule has 0 bridgehead atoms. The molecule has 2 rings (SSSR count). The lowest BCUT2D eigenvalue weighted by Gasteiger charge is -2.17. The van der Waals surface area contributed by atoms with Gasteiger partial charge in [0.15, 0.2) is 0 Å². The Hall–Kier alpha value is -4.01. The highest BCUT2D eigenvalue weighted by Gasteiger charge is 2.29. The van der Waals surface area contributed by atoms with Crippen molar-refractivity contribution in [3.8, 4) is 0 Å². The molecule has 0 saturated heterocycles. The number of nitro benzene ring substituents is 2. The van der Waals surface area contributed by atoms with Crippen LogP contribution in [-0.2, 0) is 9.84 Å². The van der Waals surface area contributed by atoms with Crippen molar-refractivity contribution in [2.45, 2.75) is 101 Å². The van der Waals surface area contributed by atoms with Gasteiger partial charge in [-0.1, -0.05) is 78.1 Å². The van der Waals surface area contributed by atoms with Crippen LogP contribution in [0.2, 0.25) is 0 Å². The monoisotopic (exact) mass is 620 g/mol. The molecule has 236 valence electrons. The summed E-state index contributed by atoms with van der Waals surface area (Å²) >= 11 is 0. The number of unbranched alkanes of at least 4 members (excludes halogenated alkanes) is 10. The first kappa shape index (κ1) is 35.2. The van der Waals surface area contributed by atoms with E-state index in [0.717, 1.165) is 111 Å². The van der Waals surface area contributed by atoms with Crippen molar-refractivity contribution in [1.29, 1.82) is 0 Å². The summed E-state index contributed by atoms with van der Waals surface area (Å²) in [6, 6.07) is 6.06. The Kier molecular flexibility index (Phi) is 14.6. The first-order chi connectivity index (χ1) is 20.6. The summed E-state index contributed by atoms with van der Waals surface area (Å²) in [4.78, 5) is 44.2. The van der Waals surface area contributed by atoms with E-state index >= 15 is 0 Å². The van der Waals surface area contributed by atoms with Gasteiger partial charge in [0.05, 0.1) is 30.2 Å². The fraction of sp³-hybridized carbons (Fsp3) is 0.571. The zero-order valence-electron chi connectivity index (χ0n) is 24.7. The van der Waals surface area contributed by atoms with Gasteiger partial charge in [0, 0.05) is 25.2 Å². The Morgan fingerprint density at radius 1 is 0.628 bits per heavy atom. The second-order valence-corrected chi connectivity index (χ2v) is 12.2. The predicted molar refractivity (Wildman–Crippen MR) is 165 cm³/mol. The number of hydrogen-bond acceptors (Lipinski definition) is 10. The van der Waals surface area contributed by atoms with Crippen LogP contribution in [0.5, 0.6) is 0 Å². The molecule has 0 unspecified atom stereocenters. The molecule has 0 aliphatic heterocycles. The molecule has 0 atom stereocenters. The Labute approximate surface area is 251 Å². The molecular weight excluding hydrogens is 580 g/mol. The number of nitro groups is 2. The van der Waals surface area contributed by atoms with Gasteiger partial charge in [-0.2, -0.15) is 0 Å². The fourth-order valence-electron chi connectivity index (χ4n) is 4.70. The standard InChI is InChI=1S/C28H40N6O8S/c1-3-5-7-9-11-13-19-31(29-35)25-17-15-23(21-27(25)33(37)38)43(41,42)24-16-18-26(28(22-24)34(39)40)32(30-36)20-14-12-10-8-6-4-2/h15-18,21-22H,3-14,19-20H2,1-2H3. The number of rotatable bonds is 22. The summed E-state index contributed by atoms with van der Waals surface area (Å²) in [7, 11) is -4.47. The summed E-state index contributed by atoms with van der Waals surface area (Å²) < 4.78 is 26.9. The first-order valence-corrected chi connectivity index (χ1v) is 16.1. The summed E-state index contributed by atoms with van der Waals surface area (Å²) in [6.45, 7) is 4.43. The maximum atomic E-state index is 13.4. The van der Waals surface area contributed by atoms with Gasteiger partial charge in [0.1, 0.15) is 11.4 Å². The molecule has 43 heavy (non-hydrogen) atoms. The van der Waals surface area contributed by atoms with E-state index in [-0.39, 0.29) is 24.5 Å². The van der Waals surface area contributed by atoms with E-state index in [1.54, 1.807) is 0 Å². The lowest BCUT2D eigenvalue weighted by atomic mass is 10.1. The average molecular weight is 621 g/mol. The number of anilines is 2. The SMILES string of the molecule is CCCCCCCCN(N=O)c1ccc(S(=O)(=O)c2ccc(N(CCCCCCCC)N=O)c([N+](=O)[O-])c2)cc1[N+](=O)[O-]. The van der Waals surface area contributed by atoms with E-state index in [9.17, 15) is 38.5 Å². The Bertz CT molecular complexity index is 1260. The van der Waals surface area contributed by atoms with Crippen molar-refractivity contribution >= 4 is 32.6 Å². The maximum absolute atomic E-state index is 13.4. The van der Waals surface area contributed by atoms with Gasteiger partial charge in [0.2, 0.25) is 9.84 Å². The van der Waals surface area contributed by atoms with Crippen LogP contribution in [0, 0.1) is 30.0 Å². The van der Waals surface area contributed by atoms with Crippen LogP contribution >= 0.6 is 0 Å². The van der Waals surface area contributed by atoms with Crippen LogP contribution < -0.4 is 10.0 Å². The van der Waals surface area contributed by atoms with E-state index in [1.807, 2.05) is 0 Å². The normalized spacial score (nSPS) is 11.2. The lowest BCUT2D eigenvalue weighted by Crippen LogP contribution is -2.19. The van der Waals surface area contributed by atoms with E-state index in [1.165, 1.54) is 0 Å². The first-order valence-electron chi connectivity index (χ1n) is 14.7. The quantitative estimate of drug-likeness (QED) is 0.0539. The van der Waals surface area contributed by atoms with Crippen LogP contribution in [0.25, 0.3) is 0 Å². The fourth-order valence-corrected chi connectivity index (χ4v) is 6.00. The highest BCUT2D eigenvalue weighted by atomic mass is 32.2. The molecule has 14 nitrogen and oxygen atoms in total. The highest BCUT2D eigenvalue weighted by Crippen LogP contribution is 2.36. The smallest absolute Gasteiger partial charge is 0.258 e. The zero-order valence-corrected chi connectivity index (χ0v) is 25.5. The van der Waals surface area contributed by atoms with Gasteiger partial charge in [0.25, 0.3) is 11.4 Å². The van der Waals surface area contributed by atoms with E-state index in [0.29, 0.717) is 12.8 Å². The summed E-state index contributed by atoms with van der Waals surface area (Å²) in [5.74, 6) is 0. The molecule has 2 aromatic rings. The molecule has 0 heterocycles. The van der Waals surface area contributed by atoms with Crippen LogP contribution in [0.15, 0.2) is 56.8 Å². The number of hydrogen-bond donors (Lipinski definition) is 0. The van der Waals surface area contributed by atoms with Gasteiger partial charge >= 0.3 is 0 Å². The largest absolute Gasteiger partial charge is 0.295 e. The molecule has 0 aliphatic carbocycles. The molecule has 0 aromatic heterocycles. The minimum atomic E-state index is -4.47. The zero-order chi connectivity index (χ0) is 31.8. The lowest BCUT2D eigenvalue weighted by molar-refractivity contribution is -0.384. The molecule has 0 radical (unpaired) electrons. The number of benzene rings is 2. The van der Waals surface area contributed by atoms with Crippen LogP contribution in [-0.4, -0.2) is 31.4 Å². The van der Waals surface area contributed by atoms with Crippen molar-refractivity contribution in [1.82, 2.24) is 0 Å². The van der Waals surface area contributed by atoms with Crippen molar-refractivity contribution < 1.29 is 18.3 Å². The molecule has 0 fully saturated rings. The third-order valence-electron chi connectivity index (χ3n) is 7.11. The van der Waals surface area contributed by atoms with Crippen molar-refractivity contribution in [3.05, 3.63) is 66.4 Å². The second-order valence-electron chi connectivity index (χ2n) is 10.3. The Morgan fingerprint density at radius 3 is 1.30 bits per heavy atom. The molecule has 0 N–H and O–H groups in total. The minimum Gasteiger partial charge on any atom is -0.258 e. The van der Waals surface area contributed by atoms with Crippen LogP contribution in [0.1, 0.15) is 90.9 Å². The maximum Gasteiger partial charge on any atom is 0.295 e. The van der Waals surface area contributed by atoms with Crippen molar-refractivity contribution in [3.63, 3.8) is 0 Å². The molecule has 0 amide bonds. The Morgan fingerprint density at radius 2 is 0.977 bits per heavy atom. The number of nitrogens with zero attached hydrogens (tertiary/aromatic N) is 6. The van der Waals surface area contributed by atoms with E-state index in [2.05, 4.69) is 24.4 Å². The number of nitroso groups, excluding NO2 is 2. The van der Waals surface area contributed by atoms with E-state index in [4.69, 9.17) is 0 Å². The highest BCUT2D eigenvalue weighted by molar-refractivity contribution is 7.91. The molecule has 15 heteroatoms. The Balaban J connectivity index is 2.33. The third-order valence-corrected chi connectivity index (χ3v) is 8.86. The molecule has 2 aromatic carbocycles. The summed E-state index contributed by atoms with van der Waals surface area (Å²) in [6.07, 6.45) is 11.1. The third kappa shape index (κ3) is 10.0. The van der Waals surface area contributed by atoms with E-state index < -0.39 is 40.8 Å².